The predicted octanol–water partition coefficient (Wildman–Crippen LogP) is 0.195. The Morgan fingerprint density at radius 2 is 1.81 bits per heavy atom. The van der Waals surface area contributed by atoms with Crippen LogP contribution < -0.4 is 26.5 Å². The van der Waals surface area contributed by atoms with Crippen molar-refractivity contribution in [3.63, 3.8) is 0 Å². The number of hydrogen-bond donors (Lipinski definition) is 1. The summed E-state index contributed by atoms with van der Waals surface area (Å²) in [5.41, 5.74) is 5.43. The van der Waals surface area contributed by atoms with Crippen LogP contribution in [0.4, 0.5) is 5.69 Å². The van der Waals surface area contributed by atoms with Crippen LogP contribution in [0.5, 0.6) is 11.5 Å². The summed E-state index contributed by atoms with van der Waals surface area (Å²) in [4.78, 5) is 24.0. The molecule has 1 aromatic carbocycles. The molecule has 7 nitrogen and oxygen atoms in total. The lowest BCUT2D eigenvalue weighted by molar-refractivity contribution is 0.354. The number of aromatic nitrogens is 2. The maximum Gasteiger partial charge on any atom is 0.331 e. The van der Waals surface area contributed by atoms with Crippen LogP contribution in [0.3, 0.4) is 0 Å². The topological polar surface area (TPSA) is 88.5 Å². The zero-order chi connectivity index (χ0) is 15.6. The molecule has 1 heterocycles. The quantitative estimate of drug-likeness (QED) is 0.869. The van der Waals surface area contributed by atoms with Gasteiger partial charge in [0.1, 0.15) is 5.69 Å². The van der Waals surface area contributed by atoms with E-state index in [1.807, 2.05) is 0 Å². The van der Waals surface area contributed by atoms with Gasteiger partial charge in [-0.3, -0.25) is 9.36 Å². The molecule has 0 saturated carbocycles. The van der Waals surface area contributed by atoms with E-state index in [1.165, 1.54) is 25.0 Å². The highest BCUT2D eigenvalue weighted by Crippen LogP contribution is 2.27. The van der Waals surface area contributed by atoms with Gasteiger partial charge in [0.2, 0.25) is 0 Å². The van der Waals surface area contributed by atoms with E-state index in [0.29, 0.717) is 11.5 Å². The number of ether oxygens (including phenoxy) is 2. The van der Waals surface area contributed by atoms with Crippen molar-refractivity contribution in [2.75, 3.05) is 20.0 Å². The Kier molecular flexibility index (Phi) is 4.02. The molecule has 0 amide bonds. The van der Waals surface area contributed by atoms with Crippen molar-refractivity contribution >= 4 is 5.69 Å². The molecule has 0 bridgehead atoms. The predicted molar refractivity (Wildman–Crippen MR) is 79.0 cm³/mol. The second-order valence-corrected chi connectivity index (χ2v) is 4.56. The van der Waals surface area contributed by atoms with Crippen LogP contribution in [-0.4, -0.2) is 23.4 Å². The standard InChI is InChI=1S/C14H17N3O4/c1-16-8-10(15)13(18)17(14(16)19)7-9-4-5-11(20-2)12(6-9)21-3/h4-6,8H,7,15H2,1-3H3. The van der Waals surface area contributed by atoms with Crippen LogP contribution in [0.25, 0.3) is 0 Å². The van der Waals surface area contributed by atoms with E-state index in [0.717, 1.165) is 10.1 Å². The maximum absolute atomic E-state index is 12.0. The first-order chi connectivity index (χ1) is 9.97. The van der Waals surface area contributed by atoms with Gasteiger partial charge in [0.25, 0.3) is 5.56 Å². The van der Waals surface area contributed by atoms with Gasteiger partial charge in [-0.15, -0.1) is 0 Å². The van der Waals surface area contributed by atoms with Gasteiger partial charge < -0.3 is 19.8 Å². The first kappa shape index (κ1) is 14.7. The Morgan fingerprint density at radius 3 is 2.43 bits per heavy atom. The summed E-state index contributed by atoms with van der Waals surface area (Å²) in [6, 6.07) is 5.19. The third-order valence-corrected chi connectivity index (χ3v) is 3.15. The Hall–Kier alpha value is -2.70. The SMILES string of the molecule is COc1ccc(Cn2c(=O)c(N)cn(C)c2=O)cc1OC. The molecule has 112 valence electrons. The van der Waals surface area contributed by atoms with Gasteiger partial charge in [-0.2, -0.15) is 0 Å². The Labute approximate surface area is 121 Å². The molecular formula is C14H17N3O4. The number of nitrogen functional groups attached to an aromatic ring is 1. The van der Waals surface area contributed by atoms with E-state index < -0.39 is 11.2 Å². The zero-order valence-corrected chi connectivity index (χ0v) is 12.1. The molecule has 7 heteroatoms. The molecule has 0 aliphatic rings. The Balaban J connectivity index is 2.48. The number of nitrogens with two attached hydrogens (primary N) is 1. The van der Waals surface area contributed by atoms with Gasteiger partial charge in [0.05, 0.1) is 20.8 Å². The summed E-state index contributed by atoms with van der Waals surface area (Å²) in [6.07, 6.45) is 1.32. The van der Waals surface area contributed by atoms with E-state index in [9.17, 15) is 9.59 Å². The second kappa shape index (κ2) is 5.74. The van der Waals surface area contributed by atoms with Crippen LogP contribution in [0.1, 0.15) is 5.56 Å². The van der Waals surface area contributed by atoms with Gasteiger partial charge >= 0.3 is 5.69 Å². The second-order valence-electron chi connectivity index (χ2n) is 4.56. The first-order valence-electron chi connectivity index (χ1n) is 6.24. The summed E-state index contributed by atoms with van der Waals surface area (Å²) in [7, 11) is 4.60. The lowest BCUT2D eigenvalue weighted by atomic mass is 10.2. The van der Waals surface area contributed by atoms with Gasteiger partial charge in [0, 0.05) is 13.2 Å². The largest absolute Gasteiger partial charge is 0.493 e. The maximum atomic E-state index is 12.0. The molecule has 0 radical (unpaired) electrons. The summed E-state index contributed by atoms with van der Waals surface area (Å²) in [6.45, 7) is 0.108. The average molecular weight is 291 g/mol. The van der Waals surface area contributed by atoms with Crippen molar-refractivity contribution in [2.24, 2.45) is 7.05 Å². The molecule has 0 fully saturated rings. The Morgan fingerprint density at radius 1 is 1.14 bits per heavy atom. The van der Waals surface area contributed by atoms with Crippen LogP contribution in [-0.2, 0) is 13.6 Å². The van der Waals surface area contributed by atoms with E-state index in [2.05, 4.69) is 0 Å². The molecule has 0 aliphatic carbocycles. The fraction of sp³-hybridized carbons (Fsp3) is 0.286. The highest BCUT2D eigenvalue weighted by Gasteiger charge is 2.10. The molecule has 1 aromatic heterocycles. The summed E-state index contributed by atoms with van der Waals surface area (Å²) in [5, 5.41) is 0. The van der Waals surface area contributed by atoms with Crippen LogP contribution >= 0.6 is 0 Å². The molecule has 2 rings (SSSR count). The van der Waals surface area contributed by atoms with Gasteiger partial charge in [-0.05, 0) is 17.7 Å². The normalized spacial score (nSPS) is 10.4. The number of aryl methyl sites for hydroxylation is 1. The fourth-order valence-corrected chi connectivity index (χ4v) is 2.05. The lowest BCUT2D eigenvalue weighted by Crippen LogP contribution is -2.39. The Bertz CT molecular complexity index is 743. The molecular weight excluding hydrogens is 274 g/mol. The molecule has 0 atom stereocenters. The van der Waals surface area contributed by atoms with Gasteiger partial charge in [-0.1, -0.05) is 6.07 Å². The van der Waals surface area contributed by atoms with Crippen LogP contribution in [0.15, 0.2) is 34.0 Å². The van der Waals surface area contributed by atoms with E-state index in [4.69, 9.17) is 15.2 Å². The van der Waals surface area contributed by atoms with Crippen molar-refractivity contribution in [2.45, 2.75) is 6.54 Å². The van der Waals surface area contributed by atoms with Crippen molar-refractivity contribution < 1.29 is 9.47 Å². The fourth-order valence-electron chi connectivity index (χ4n) is 2.05. The number of nitrogens with zero attached hydrogens (tertiary/aromatic N) is 2. The van der Waals surface area contributed by atoms with Gasteiger partial charge in [-0.25, -0.2) is 4.79 Å². The van der Waals surface area contributed by atoms with E-state index in [-0.39, 0.29) is 12.2 Å². The molecule has 0 unspecified atom stereocenters. The minimum absolute atomic E-state index is 0.0255. The highest BCUT2D eigenvalue weighted by atomic mass is 16.5. The zero-order valence-electron chi connectivity index (χ0n) is 12.1. The third-order valence-electron chi connectivity index (χ3n) is 3.15. The molecule has 0 spiro atoms. The number of methoxy groups -OCH3 is 2. The van der Waals surface area contributed by atoms with E-state index in [1.54, 1.807) is 25.2 Å². The summed E-state index contributed by atoms with van der Waals surface area (Å²) in [5.74, 6) is 1.11. The highest BCUT2D eigenvalue weighted by molar-refractivity contribution is 5.43. The molecule has 2 aromatic rings. The van der Waals surface area contributed by atoms with Crippen LogP contribution in [0.2, 0.25) is 0 Å². The number of rotatable bonds is 4. The molecule has 2 N–H and O–H groups in total. The van der Waals surface area contributed by atoms with Crippen molar-refractivity contribution in [3.05, 3.63) is 50.8 Å². The number of benzene rings is 1. The first-order valence-corrected chi connectivity index (χ1v) is 6.24. The summed E-state index contributed by atoms with van der Waals surface area (Å²) < 4.78 is 12.7. The van der Waals surface area contributed by atoms with Gasteiger partial charge in [0.15, 0.2) is 11.5 Å². The number of hydrogen-bond acceptors (Lipinski definition) is 5. The van der Waals surface area contributed by atoms with E-state index >= 15 is 0 Å². The summed E-state index contributed by atoms with van der Waals surface area (Å²) >= 11 is 0. The third kappa shape index (κ3) is 2.76. The van der Waals surface area contributed by atoms with Crippen molar-refractivity contribution in [1.29, 1.82) is 0 Å². The van der Waals surface area contributed by atoms with Crippen molar-refractivity contribution in [1.82, 2.24) is 9.13 Å². The number of anilines is 1. The minimum Gasteiger partial charge on any atom is -0.493 e. The van der Waals surface area contributed by atoms with Crippen molar-refractivity contribution in [3.8, 4) is 11.5 Å². The average Bonchev–Trinajstić information content (AvgIpc) is 2.49. The smallest absolute Gasteiger partial charge is 0.331 e. The molecule has 21 heavy (non-hydrogen) atoms. The minimum atomic E-state index is -0.507. The molecule has 0 aliphatic heterocycles. The monoisotopic (exact) mass is 291 g/mol. The lowest BCUT2D eigenvalue weighted by Gasteiger charge is -2.11. The van der Waals surface area contributed by atoms with Crippen LogP contribution in [0, 0.1) is 0 Å². The molecule has 0 saturated heterocycles.